The summed E-state index contributed by atoms with van der Waals surface area (Å²) in [6.07, 6.45) is 1.43. The van der Waals surface area contributed by atoms with Gasteiger partial charge in [0.05, 0.1) is 9.82 Å². The van der Waals surface area contributed by atoms with E-state index in [1.54, 1.807) is 0 Å². The predicted octanol–water partition coefficient (Wildman–Crippen LogP) is 0.779. The van der Waals surface area contributed by atoms with Crippen molar-refractivity contribution in [3.05, 3.63) is 34.1 Å². The highest BCUT2D eigenvalue weighted by molar-refractivity contribution is 7.89. The van der Waals surface area contributed by atoms with Gasteiger partial charge in [-0.25, -0.2) is 13.1 Å². The number of nitrogens with one attached hydrogen (secondary N) is 1. The molecule has 0 bridgehead atoms. The van der Waals surface area contributed by atoms with Crippen molar-refractivity contribution < 1.29 is 21.9 Å². The van der Waals surface area contributed by atoms with Gasteiger partial charge in [-0.2, -0.15) is 4.39 Å². The van der Waals surface area contributed by atoms with Crippen LogP contribution in [0.15, 0.2) is 23.1 Å². The monoisotopic (exact) mass is 324 g/mol. The first-order valence-corrected chi connectivity index (χ1v) is 8.61. The molecule has 1 rings (SSSR count). The summed E-state index contributed by atoms with van der Waals surface area (Å²) in [6.45, 7) is 1.51. The minimum Gasteiger partial charge on any atom is -0.260 e. The molecular formula is C10H13FN2O5S2. The molecule has 112 valence electrons. The van der Waals surface area contributed by atoms with Crippen LogP contribution in [-0.4, -0.2) is 35.6 Å². The predicted molar refractivity (Wildman–Crippen MR) is 71.8 cm³/mol. The van der Waals surface area contributed by atoms with E-state index in [4.69, 9.17) is 0 Å². The molecule has 0 fully saturated rings. The second-order valence-electron chi connectivity index (χ2n) is 4.13. The molecule has 7 nitrogen and oxygen atoms in total. The van der Waals surface area contributed by atoms with Gasteiger partial charge in [-0.3, -0.25) is 14.3 Å². The van der Waals surface area contributed by atoms with Crippen molar-refractivity contribution >= 4 is 26.5 Å². The fourth-order valence-corrected chi connectivity index (χ4v) is 3.67. The summed E-state index contributed by atoms with van der Waals surface area (Å²) >= 11 is 0. The summed E-state index contributed by atoms with van der Waals surface area (Å²) in [7, 11) is -5.21. The maximum atomic E-state index is 13.4. The number of halogens is 1. The lowest BCUT2D eigenvalue weighted by molar-refractivity contribution is -0.387. The molecule has 1 N–H and O–H groups in total. The third-order valence-corrected chi connectivity index (χ3v) is 4.82. The molecule has 1 aromatic carbocycles. The highest BCUT2D eigenvalue weighted by Gasteiger charge is 2.22. The first-order chi connectivity index (χ1) is 9.13. The molecule has 0 radical (unpaired) electrons. The Kier molecular flexibility index (Phi) is 5.31. The molecule has 2 unspecified atom stereocenters. The first-order valence-electron chi connectivity index (χ1n) is 5.40. The second kappa shape index (κ2) is 6.37. The van der Waals surface area contributed by atoms with Crippen LogP contribution in [0.25, 0.3) is 0 Å². The number of hydrogen-bond donors (Lipinski definition) is 1. The Labute approximate surface area is 117 Å². The van der Waals surface area contributed by atoms with Gasteiger partial charge in [0.25, 0.3) is 0 Å². The molecule has 0 saturated carbocycles. The lowest BCUT2D eigenvalue weighted by atomic mass is 10.3. The lowest BCUT2D eigenvalue weighted by Crippen LogP contribution is -2.36. The summed E-state index contributed by atoms with van der Waals surface area (Å²) in [5, 5.41) is 10.4. The number of rotatable bonds is 6. The number of sulfonamides is 1. The smallest absolute Gasteiger partial charge is 0.260 e. The molecule has 10 heteroatoms. The van der Waals surface area contributed by atoms with E-state index >= 15 is 0 Å². The first kappa shape index (κ1) is 16.7. The summed E-state index contributed by atoms with van der Waals surface area (Å²) in [5.74, 6) is -1.13. The van der Waals surface area contributed by atoms with Crippen molar-refractivity contribution in [2.45, 2.75) is 17.9 Å². The Hall–Kier alpha value is -1.39. The Bertz CT molecular complexity index is 647. The van der Waals surface area contributed by atoms with Gasteiger partial charge < -0.3 is 0 Å². The maximum absolute atomic E-state index is 13.4. The van der Waals surface area contributed by atoms with Crippen LogP contribution < -0.4 is 4.72 Å². The van der Waals surface area contributed by atoms with Crippen molar-refractivity contribution in [1.82, 2.24) is 4.72 Å². The van der Waals surface area contributed by atoms with Crippen LogP contribution in [0.4, 0.5) is 10.1 Å². The van der Waals surface area contributed by atoms with Gasteiger partial charge in [-0.05, 0) is 13.0 Å². The van der Waals surface area contributed by atoms with Crippen molar-refractivity contribution in [3.8, 4) is 0 Å². The number of hydrogen-bond acceptors (Lipinski definition) is 5. The topological polar surface area (TPSA) is 106 Å². The van der Waals surface area contributed by atoms with Crippen LogP contribution in [0.5, 0.6) is 0 Å². The molecule has 0 saturated heterocycles. The van der Waals surface area contributed by atoms with Gasteiger partial charge in [0.1, 0.15) is 0 Å². The van der Waals surface area contributed by atoms with Crippen LogP contribution >= 0.6 is 0 Å². The molecule has 0 aromatic heterocycles. The minimum atomic E-state index is -4.02. The Morgan fingerprint density at radius 3 is 2.55 bits per heavy atom. The summed E-state index contributed by atoms with van der Waals surface area (Å²) in [4.78, 5) is 9.08. The maximum Gasteiger partial charge on any atom is 0.304 e. The average molecular weight is 324 g/mol. The molecule has 0 aliphatic heterocycles. The van der Waals surface area contributed by atoms with Crippen molar-refractivity contribution in [2.24, 2.45) is 0 Å². The van der Waals surface area contributed by atoms with Crippen LogP contribution in [0.2, 0.25) is 0 Å². The molecule has 0 aliphatic carbocycles. The zero-order chi connectivity index (χ0) is 15.5. The summed E-state index contributed by atoms with van der Waals surface area (Å²) < 4.78 is 50.4. The van der Waals surface area contributed by atoms with Crippen LogP contribution in [0, 0.1) is 15.9 Å². The number of benzene rings is 1. The van der Waals surface area contributed by atoms with E-state index < -0.39 is 48.2 Å². The average Bonchev–Trinajstić information content (AvgIpc) is 2.25. The van der Waals surface area contributed by atoms with Gasteiger partial charge in [0.2, 0.25) is 15.8 Å². The van der Waals surface area contributed by atoms with Crippen molar-refractivity contribution in [3.63, 3.8) is 0 Å². The zero-order valence-corrected chi connectivity index (χ0v) is 12.3. The van der Waals surface area contributed by atoms with E-state index in [0.717, 1.165) is 12.1 Å². The van der Waals surface area contributed by atoms with Gasteiger partial charge >= 0.3 is 5.69 Å². The highest BCUT2D eigenvalue weighted by atomic mass is 32.2. The number of nitrogens with zero attached hydrogens (tertiary/aromatic N) is 1. The molecule has 2 atom stereocenters. The van der Waals surface area contributed by atoms with E-state index in [0.29, 0.717) is 6.07 Å². The Morgan fingerprint density at radius 2 is 2.10 bits per heavy atom. The van der Waals surface area contributed by atoms with Crippen LogP contribution in [0.1, 0.15) is 6.92 Å². The lowest BCUT2D eigenvalue weighted by Gasteiger charge is -2.12. The molecular weight excluding hydrogens is 311 g/mol. The molecule has 1 aromatic rings. The number of nitro benzene ring substituents is 1. The fraction of sp³-hybridized carbons (Fsp3) is 0.400. The SMILES string of the molecule is CC(CS(C)=O)NS(=O)(=O)c1ccc([N+](=O)[O-])c(F)c1. The standard InChI is InChI=1S/C10H13FN2O5S2/c1-7(6-19(2)16)12-20(17,18)8-3-4-10(13(14)15)9(11)5-8/h3-5,7,12H,6H2,1-2H3. The second-order valence-corrected chi connectivity index (χ2v) is 7.33. The summed E-state index contributed by atoms with van der Waals surface area (Å²) in [6, 6.07) is 1.70. The Morgan fingerprint density at radius 1 is 1.50 bits per heavy atom. The fourth-order valence-electron chi connectivity index (χ4n) is 1.52. The zero-order valence-electron chi connectivity index (χ0n) is 10.7. The van der Waals surface area contributed by atoms with E-state index in [1.165, 1.54) is 13.2 Å². The molecule has 0 heterocycles. The molecule has 0 spiro atoms. The summed E-state index contributed by atoms with van der Waals surface area (Å²) in [5.41, 5.74) is -0.799. The third kappa shape index (κ3) is 4.32. The van der Waals surface area contributed by atoms with E-state index in [-0.39, 0.29) is 5.75 Å². The van der Waals surface area contributed by atoms with Crippen molar-refractivity contribution in [1.29, 1.82) is 0 Å². The van der Waals surface area contributed by atoms with Gasteiger partial charge in [0, 0.05) is 41.0 Å². The van der Waals surface area contributed by atoms with Gasteiger partial charge in [-0.15, -0.1) is 0 Å². The normalized spacial score (nSPS) is 14.8. The van der Waals surface area contributed by atoms with Gasteiger partial charge in [-0.1, -0.05) is 0 Å². The number of nitro groups is 1. The molecule has 0 amide bonds. The third-order valence-electron chi connectivity index (χ3n) is 2.27. The van der Waals surface area contributed by atoms with E-state index in [9.17, 15) is 27.1 Å². The van der Waals surface area contributed by atoms with Crippen LogP contribution in [-0.2, 0) is 20.8 Å². The minimum absolute atomic E-state index is 0.106. The van der Waals surface area contributed by atoms with Crippen LogP contribution in [0.3, 0.4) is 0 Å². The van der Waals surface area contributed by atoms with Gasteiger partial charge in [0.15, 0.2) is 0 Å². The Balaban J connectivity index is 3.02. The largest absolute Gasteiger partial charge is 0.304 e. The van der Waals surface area contributed by atoms with E-state index in [2.05, 4.69) is 4.72 Å². The van der Waals surface area contributed by atoms with Crippen molar-refractivity contribution in [2.75, 3.05) is 12.0 Å². The molecule has 20 heavy (non-hydrogen) atoms. The molecule has 0 aliphatic rings. The highest BCUT2D eigenvalue weighted by Crippen LogP contribution is 2.20. The quantitative estimate of drug-likeness (QED) is 0.615. The van der Waals surface area contributed by atoms with E-state index in [1.807, 2.05) is 0 Å².